The Morgan fingerprint density at radius 1 is 0.792 bits per heavy atom. The van der Waals surface area contributed by atoms with Gasteiger partial charge in [0, 0.05) is 18.5 Å². The second-order valence-corrected chi connectivity index (χ2v) is 19.6. The van der Waals surface area contributed by atoms with Crippen molar-refractivity contribution in [2.75, 3.05) is 5.32 Å². The van der Waals surface area contributed by atoms with Crippen LogP contribution in [0.15, 0.2) is 12.3 Å². The van der Waals surface area contributed by atoms with Crippen LogP contribution < -0.4 is 9.88 Å². The summed E-state index contributed by atoms with van der Waals surface area (Å²) in [6.07, 6.45) is 38.2. The standard InChI is InChI=1S/C49H82N2O2/c1-7-9-10-11-12-13-14-15-16-17-18-19-20-21-22-24-46(53)41-31-34-51(6)45(36-52)47(41)50-39-29-32-48(4)38(35-39)25-26-40-43-28-27-42(37(3)23-8-2)49(43,5)33-30-44(40)48/h31,34,36-40,42-44H,7-30,32-33,35H2,1-6H3/p+1/t37-,38?,39?,40?,42-,43?,44?,48+,49-/m1/s1. The van der Waals surface area contributed by atoms with Gasteiger partial charge in [0.15, 0.2) is 12.0 Å². The van der Waals surface area contributed by atoms with E-state index < -0.39 is 0 Å². The summed E-state index contributed by atoms with van der Waals surface area (Å²) in [7, 11) is 1.93. The first-order chi connectivity index (χ1) is 25.7. The molecule has 0 bridgehead atoms. The number of aromatic nitrogens is 1. The number of Topliss-reactive ketones (excluding diaryl/α,β-unsaturated/α-hetero) is 1. The number of nitrogens with zero attached hydrogens (tertiary/aromatic N) is 1. The summed E-state index contributed by atoms with van der Waals surface area (Å²) in [5, 5.41) is 3.87. The molecule has 9 atom stereocenters. The third kappa shape index (κ3) is 10.2. The summed E-state index contributed by atoms with van der Waals surface area (Å²) < 4.78 is 1.90. The van der Waals surface area contributed by atoms with Crippen LogP contribution in [0.5, 0.6) is 0 Å². The minimum atomic E-state index is 0.195. The normalized spacial score (nSPS) is 31.4. The van der Waals surface area contributed by atoms with Crippen LogP contribution in [0.1, 0.15) is 229 Å². The van der Waals surface area contributed by atoms with Crippen LogP contribution in [0, 0.1) is 46.3 Å². The number of aryl methyl sites for hydroxylation is 1. The quantitative estimate of drug-likeness (QED) is 0.0528. The van der Waals surface area contributed by atoms with Crippen LogP contribution >= 0.6 is 0 Å². The van der Waals surface area contributed by atoms with E-state index in [9.17, 15) is 9.59 Å². The number of pyridine rings is 1. The van der Waals surface area contributed by atoms with Crippen LogP contribution in [-0.2, 0) is 7.05 Å². The Balaban J connectivity index is 1.08. The molecule has 1 aromatic heterocycles. The summed E-state index contributed by atoms with van der Waals surface area (Å²) in [5.41, 5.74) is 3.12. The van der Waals surface area contributed by atoms with Gasteiger partial charge in [0.25, 0.3) is 5.69 Å². The average molecular weight is 732 g/mol. The van der Waals surface area contributed by atoms with Crippen LogP contribution in [-0.4, -0.2) is 18.1 Å². The molecule has 4 fully saturated rings. The zero-order valence-corrected chi connectivity index (χ0v) is 35.6. The number of rotatable bonds is 23. The molecule has 0 aromatic carbocycles. The van der Waals surface area contributed by atoms with Gasteiger partial charge in [-0.2, -0.15) is 4.57 Å². The van der Waals surface area contributed by atoms with E-state index in [0.29, 0.717) is 29.0 Å². The molecular formula is C49H83N2O2+. The number of ketones is 1. The van der Waals surface area contributed by atoms with Gasteiger partial charge in [0.05, 0.1) is 5.56 Å². The number of fused-ring (bicyclic) bond motifs is 5. The van der Waals surface area contributed by atoms with Crippen molar-refractivity contribution in [2.24, 2.45) is 53.4 Å². The highest BCUT2D eigenvalue weighted by atomic mass is 16.1. The maximum Gasteiger partial charge on any atom is 0.269 e. The second-order valence-electron chi connectivity index (χ2n) is 19.6. The third-order valence-electron chi connectivity index (χ3n) is 16.3. The van der Waals surface area contributed by atoms with Crippen molar-refractivity contribution in [2.45, 2.75) is 214 Å². The fraction of sp³-hybridized carbons (Fsp3) is 0.857. The Bertz CT molecular complexity index is 1290. The van der Waals surface area contributed by atoms with Gasteiger partial charge in [-0.3, -0.25) is 9.59 Å². The number of carbonyl (C=O) groups excluding carboxylic acids is 2. The van der Waals surface area contributed by atoms with E-state index in [1.807, 2.05) is 23.9 Å². The molecule has 1 aromatic rings. The van der Waals surface area contributed by atoms with E-state index in [-0.39, 0.29) is 5.78 Å². The van der Waals surface area contributed by atoms with Gasteiger partial charge in [-0.25, -0.2) is 0 Å². The number of carbonyl (C=O) groups is 2. The molecule has 1 heterocycles. The molecule has 5 rings (SSSR count). The smallest absolute Gasteiger partial charge is 0.269 e. The van der Waals surface area contributed by atoms with E-state index in [1.54, 1.807) is 0 Å². The van der Waals surface area contributed by atoms with Crippen molar-refractivity contribution in [1.82, 2.24) is 0 Å². The monoisotopic (exact) mass is 732 g/mol. The fourth-order valence-electron chi connectivity index (χ4n) is 13.2. The molecule has 0 spiro atoms. The molecule has 300 valence electrons. The first-order valence-electron chi connectivity index (χ1n) is 23.4. The van der Waals surface area contributed by atoms with Gasteiger partial charge in [0.1, 0.15) is 12.7 Å². The van der Waals surface area contributed by atoms with Crippen LogP contribution in [0.3, 0.4) is 0 Å². The van der Waals surface area contributed by atoms with Crippen molar-refractivity contribution < 1.29 is 14.2 Å². The number of nitrogens with one attached hydrogen (secondary N) is 1. The number of anilines is 1. The second kappa shape index (κ2) is 20.5. The number of hydrogen-bond donors (Lipinski definition) is 1. The Hall–Kier alpha value is -1.71. The average Bonchev–Trinajstić information content (AvgIpc) is 3.51. The Morgan fingerprint density at radius 2 is 1.40 bits per heavy atom. The predicted molar refractivity (Wildman–Crippen MR) is 224 cm³/mol. The van der Waals surface area contributed by atoms with Crippen LogP contribution in [0.25, 0.3) is 0 Å². The molecule has 4 aliphatic carbocycles. The van der Waals surface area contributed by atoms with Crippen molar-refractivity contribution in [3.63, 3.8) is 0 Å². The number of unbranched alkanes of at least 4 members (excludes halogenated alkanes) is 14. The molecule has 4 saturated carbocycles. The Kier molecular flexibility index (Phi) is 16.4. The van der Waals surface area contributed by atoms with E-state index >= 15 is 0 Å². The zero-order chi connectivity index (χ0) is 37.8. The Labute approximate surface area is 327 Å². The first kappa shape index (κ1) is 42.4. The Morgan fingerprint density at radius 3 is 2.02 bits per heavy atom. The van der Waals surface area contributed by atoms with Crippen molar-refractivity contribution >= 4 is 17.8 Å². The van der Waals surface area contributed by atoms with E-state index in [4.69, 9.17) is 0 Å². The molecule has 0 radical (unpaired) electrons. The van der Waals surface area contributed by atoms with Gasteiger partial charge in [-0.1, -0.05) is 137 Å². The molecule has 1 N–H and O–H groups in total. The zero-order valence-electron chi connectivity index (χ0n) is 35.6. The fourth-order valence-corrected chi connectivity index (χ4v) is 13.2. The lowest BCUT2D eigenvalue weighted by Crippen LogP contribution is -2.54. The largest absolute Gasteiger partial charge is 0.376 e. The van der Waals surface area contributed by atoms with Gasteiger partial charge < -0.3 is 5.32 Å². The van der Waals surface area contributed by atoms with Crippen molar-refractivity contribution in [3.05, 3.63) is 23.5 Å². The first-order valence-corrected chi connectivity index (χ1v) is 23.4. The molecule has 53 heavy (non-hydrogen) atoms. The summed E-state index contributed by atoms with van der Waals surface area (Å²) in [5.74, 6) is 5.43. The lowest BCUT2D eigenvalue weighted by molar-refractivity contribution is -0.672. The molecule has 4 nitrogen and oxygen atoms in total. The van der Waals surface area contributed by atoms with Crippen LogP contribution in [0.2, 0.25) is 0 Å². The summed E-state index contributed by atoms with van der Waals surface area (Å²) in [4.78, 5) is 26.2. The summed E-state index contributed by atoms with van der Waals surface area (Å²) in [6, 6.07) is 2.29. The topological polar surface area (TPSA) is 50.0 Å². The predicted octanol–water partition coefficient (Wildman–Crippen LogP) is 13.6. The highest BCUT2D eigenvalue weighted by Gasteiger charge is 2.60. The van der Waals surface area contributed by atoms with E-state index in [0.717, 1.165) is 72.3 Å². The van der Waals surface area contributed by atoms with Crippen molar-refractivity contribution in [1.29, 1.82) is 0 Å². The minimum absolute atomic E-state index is 0.195. The molecule has 0 saturated heterocycles. The lowest BCUT2D eigenvalue weighted by Gasteiger charge is -2.61. The number of hydrogen-bond acceptors (Lipinski definition) is 3. The van der Waals surface area contributed by atoms with E-state index in [2.05, 4.69) is 39.9 Å². The SMILES string of the molecule is CCCCCCCCCCCCCCCCCC(=O)c1cc[n+](C)c(C=O)c1NC1CC[C@@]2(C)C(CCC3C2CC[C@@]2(C)C3CC[C@@H]2[C@H](C)CCC)C1. The molecular weight excluding hydrogens is 649 g/mol. The molecule has 4 aliphatic rings. The van der Waals surface area contributed by atoms with Crippen molar-refractivity contribution in [3.8, 4) is 0 Å². The minimum Gasteiger partial charge on any atom is -0.376 e. The lowest BCUT2D eigenvalue weighted by atomic mass is 9.44. The van der Waals surface area contributed by atoms with Gasteiger partial charge in [-0.15, -0.1) is 0 Å². The molecule has 0 aliphatic heterocycles. The highest BCUT2D eigenvalue weighted by molar-refractivity contribution is 6.03. The molecule has 0 amide bonds. The maximum atomic E-state index is 13.7. The van der Waals surface area contributed by atoms with Gasteiger partial charge in [0.2, 0.25) is 6.29 Å². The third-order valence-corrected chi connectivity index (χ3v) is 16.3. The molecule has 4 heteroatoms. The number of aldehydes is 1. The van der Waals surface area contributed by atoms with Gasteiger partial charge in [-0.05, 0) is 111 Å². The summed E-state index contributed by atoms with van der Waals surface area (Å²) >= 11 is 0. The summed E-state index contributed by atoms with van der Waals surface area (Å²) in [6.45, 7) is 12.6. The molecule has 5 unspecified atom stereocenters. The van der Waals surface area contributed by atoms with Gasteiger partial charge >= 0.3 is 0 Å². The highest BCUT2D eigenvalue weighted by Crippen LogP contribution is 2.68. The van der Waals surface area contributed by atoms with Crippen LogP contribution in [0.4, 0.5) is 5.69 Å². The maximum absolute atomic E-state index is 13.7. The van der Waals surface area contributed by atoms with E-state index in [1.165, 1.54) is 148 Å².